The van der Waals surface area contributed by atoms with Crippen molar-refractivity contribution in [3.63, 3.8) is 0 Å². The van der Waals surface area contributed by atoms with E-state index >= 15 is 0 Å². The van der Waals surface area contributed by atoms with E-state index in [-0.39, 0.29) is 5.69 Å². The summed E-state index contributed by atoms with van der Waals surface area (Å²) in [5, 5.41) is 2.36. The maximum absolute atomic E-state index is 13.8. The summed E-state index contributed by atoms with van der Waals surface area (Å²) in [6, 6.07) is 7.28. The van der Waals surface area contributed by atoms with Crippen molar-refractivity contribution in [3.05, 3.63) is 59.4 Å². The van der Waals surface area contributed by atoms with Crippen molar-refractivity contribution in [3.8, 4) is 0 Å². The fourth-order valence-corrected chi connectivity index (χ4v) is 2.71. The molecule has 0 aliphatic carbocycles. The average molecular weight is 320 g/mol. The lowest BCUT2D eigenvalue weighted by Crippen LogP contribution is -2.19. The Hall–Kier alpha value is -2.50. The Labute approximate surface area is 131 Å². The van der Waals surface area contributed by atoms with Crippen LogP contribution < -0.4 is 10.2 Å². The van der Waals surface area contributed by atoms with Gasteiger partial charge in [-0.05, 0) is 43.2 Å². The van der Waals surface area contributed by atoms with E-state index in [0.29, 0.717) is 5.69 Å². The molecule has 1 aliphatic heterocycles. The third kappa shape index (κ3) is 3.31. The first-order valence-electron chi connectivity index (χ1n) is 7.35. The van der Waals surface area contributed by atoms with E-state index in [1.54, 1.807) is 6.07 Å². The number of hydrogen-bond acceptors (Lipinski definition) is 2. The number of rotatable bonds is 3. The van der Waals surface area contributed by atoms with Crippen LogP contribution in [-0.2, 0) is 0 Å². The second kappa shape index (κ2) is 6.32. The molecule has 1 N–H and O–H groups in total. The van der Waals surface area contributed by atoms with Crippen molar-refractivity contribution < 1.29 is 18.0 Å². The molecule has 1 saturated heterocycles. The molecule has 1 amide bonds. The van der Waals surface area contributed by atoms with E-state index < -0.39 is 28.9 Å². The van der Waals surface area contributed by atoms with Crippen LogP contribution in [-0.4, -0.2) is 19.0 Å². The van der Waals surface area contributed by atoms with Crippen LogP contribution in [0.3, 0.4) is 0 Å². The van der Waals surface area contributed by atoms with Crippen molar-refractivity contribution in [2.75, 3.05) is 23.3 Å². The Morgan fingerprint density at radius 2 is 1.65 bits per heavy atom. The Bertz CT molecular complexity index is 722. The highest BCUT2D eigenvalue weighted by molar-refractivity contribution is 6.04. The largest absolute Gasteiger partial charge is 0.371 e. The third-order valence-electron chi connectivity index (χ3n) is 3.80. The Morgan fingerprint density at radius 1 is 1.00 bits per heavy atom. The van der Waals surface area contributed by atoms with Gasteiger partial charge in [-0.15, -0.1) is 0 Å². The number of carbonyl (C=O) groups is 1. The van der Waals surface area contributed by atoms with Gasteiger partial charge in [0.05, 0.1) is 0 Å². The minimum Gasteiger partial charge on any atom is -0.371 e. The topological polar surface area (TPSA) is 32.3 Å². The third-order valence-corrected chi connectivity index (χ3v) is 3.80. The first-order chi connectivity index (χ1) is 11.0. The number of nitrogens with zero attached hydrogens (tertiary/aromatic N) is 1. The van der Waals surface area contributed by atoms with Gasteiger partial charge in [0.2, 0.25) is 0 Å². The minimum absolute atomic E-state index is 0.166. The average Bonchev–Trinajstić information content (AvgIpc) is 3.00. The van der Waals surface area contributed by atoms with Crippen molar-refractivity contribution in [2.24, 2.45) is 0 Å². The zero-order chi connectivity index (χ0) is 16.4. The summed E-state index contributed by atoms with van der Waals surface area (Å²) in [6.45, 7) is 1.64. The SMILES string of the molecule is O=C(Nc1cc(F)cc(N2CCCC2)c1)c1c(F)cccc1F. The van der Waals surface area contributed by atoms with Gasteiger partial charge in [-0.2, -0.15) is 0 Å². The lowest BCUT2D eigenvalue weighted by Gasteiger charge is -2.19. The Kier molecular flexibility index (Phi) is 4.23. The number of halogens is 3. The summed E-state index contributed by atoms with van der Waals surface area (Å²) in [6.07, 6.45) is 2.05. The van der Waals surface area contributed by atoms with Gasteiger partial charge >= 0.3 is 0 Å². The van der Waals surface area contributed by atoms with Gasteiger partial charge in [-0.25, -0.2) is 13.2 Å². The second-order valence-electron chi connectivity index (χ2n) is 5.44. The van der Waals surface area contributed by atoms with E-state index in [0.717, 1.165) is 44.1 Å². The smallest absolute Gasteiger partial charge is 0.261 e. The Balaban J connectivity index is 1.86. The highest BCUT2D eigenvalue weighted by atomic mass is 19.1. The standard InChI is InChI=1S/C17H15F3N2O/c18-11-8-12(10-13(9-11)22-6-1-2-7-22)21-17(23)16-14(19)4-3-5-15(16)20/h3-5,8-10H,1-2,6-7H2,(H,21,23). The Morgan fingerprint density at radius 3 is 2.30 bits per heavy atom. The van der Waals surface area contributed by atoms with E-state index in [1.165, 1.54) is 12.1 Å². The normalized spacial score (nSPS) is 14.1. The fraction of sp³-hybridized carbons (Fsp3) is 0.235. The number of nitrogens with one attached hydrogen (secondary N) is 1. The summed E-state index contributed by atoms with van der Waals surface area (Å²) in [4.78, 5) is 14.1. The molecule has 1 aliphatic rings. The van der Waals surface area contributed by atoms with Crippen LogP contribution in [0.2, 0.25) is 0 Å². The predicted molar refractivity (Wildman–Crippen MR) is 82.2 cm³/mol. The first-order valence-corrected chi connectivity index (χ1v) is 7.35. The molecule has 0 atom stereocenters. The van der Waals surface area contributed by atoms with Crippen molar-refractivity contribution in [2.45, 2.75) is 12.8 Å². The van der Waals surface area contributed by atoms with Crippen LogP contribution in [0.1, 0.15) is 23.2 Å². The zero-order valence-electron chi connectivity index (χ0n) is 12.3. The quantitative estimate of drug-likeness (QED) is 0.928. The van der Waals surface area contributed by atoms with Gasteiger partial charge in [-0.3, -0.25) is 4.79 Å². The summed E-state index contributed by atoms with van der Waals surface area (Å²) in [7, 11) is 0. The summed E-state index contributed by atoms with van der Waals surface area (Å²) in [5.74, 6) is -3.38. The first kappa shape index (κ1) is 15.4. The van der Waals surface area contributed by atoms with Crippen LogP contribution in [0, 0.1) is 17.5 Å². The lowest BCUT2D eigenvalue weighted by molar-refractivity contribution is 0.101. The van der Waals surface area contributed by atoms with Crippen molar-refractivity contribution >= 4 is 17.3 Å². The molecule has 2 aromatic rings. The molecule has 2 aromatic carbocycles. The number of carbonyl (C=O) groups excluding carboxylic acids is 1. The molecule has 0 unspecified atom stereocenters. The van der Waals surface area contributed by atoms with E-state index in [1.807, 2.05) is 4.90 Å². The molecule has 1 fully saturated rings. The van der Waals surface area contributed by atoms with E-state index in [2.05, 4.69) is 5.32 Å². The maximum atomic E-state index is 13.8. The maximum Gasteiger partial charge on any atom is 0.261 e. The van der Waals surface area contributed by atoms with Gasteiger partial charge in [0.15, 0.2) is 0 Å². The summed E-state index contributed by atoms with van der Waals surface area (Å²) in [5.41, 5.74) is 0.130. The highest BCUT2D eigenvalue weighted by Gasteiger charge is 2.19. The van der Waals surface area contributed by atoms with Crippen LogP contribution in [0.15, 0.2) is 36.4 Å². The molecule has 23 heavy (non-hydrogen) atoms. The number of benzene rings is 2. The molecule has 0 bridgehead atoms. The van der Waals surface area contributed by atoms with Gasteiger partial charge < -0.3 is 10.2 Å². The van der Waals surface area contributed by atoms with Crippen LogP contribution in [0.4, 0.5) is 24.5 Å². The van der Waals surface area contributed by atoms with Gasteiger partial charge in [-0.1, -0.05) is 6.07 Å². The van der Waals surface area contributed by atoms with Crippen molar-refractivity contribution in [1.82, 2.24) is 0 Å². The molecule has 3 rings (SSSR count). The molecule has 1 heterocycles. The number of hydrogen-bond donors (Lipinski definition) is 1. The number of anilines is 2. The van der Waals surface area contributed by atoms with Crippen molar-refractivity contribution in [1.29, 1.82) is 0 Å². The molecule has 0 aromatic heterocycles. The predicted octanol–water partition coefficient (Wildman–Crippen LogP) is 3.96. The fourth-order valence-electron chi connectivity index (χ4n) is 2.71. The monoisotopic (exact) mass is 320 g/mol. The summed E-state index contributed by atoms with van der Waals surface area (Å²) >= 11 is 0. The molecule has 0 saturated carbocycles. The molecule has 0 radical (unpaired) electrons. The minimum atomic E-state index is -0.960. The van der Waals surface area contributed by atoms with Crippen LogP contribution >= 0.6 is 0 Å². The van der Waals surface area contributed by atoms with Crippen LogP contribution in [0.25, 0.3) is 0 Å². The van der Waals surface area contributed by atoms with Crippen LogP contribution in [0.5, 0.6) is 0 Å². The van der Waals surface area contributed by atoms with E-state index in [9.17, 15) is 18.0 Å². The van der Waals surface area contributed by atoms with Gasteiger partial charge in [0.1, 0.15) is 23.0 Å². The molecule has 120 valence electrons. The zero-order valence-corrected chi connectivity index (χ0v) is 12.3. The molecule has 3 nitrogen and oxygen atoms in total. The highest BCUT2D eigenvalue weighted by Crippen LogP contribution is 2.26. The molecular formula is C17H15F3N2O. The van der Waals surface area contributed by atoms with E-state index in [4.69, 9.17) is 0 Å². The second-order valence-corrected chi connectivity index (χ2v) is 5.44. The lowest BCUT2D eigenvalue weighted by atomic mass is 10.1. The molecule has 0 spiro atoms. The summed E-state index contributed by atoms with van der Waals surface area (Å²) < 4.78 is 41.0. The van der Waals surface area contributed by atoms with Gasteiger partial charge in [0, 0.05) is 24.5 Å². The molecule has 6 heteroatoms. The van der Waals surface area contributed by atoms with Gasteiger partial charge in [0.25, 0.3) is 5.91 Å². The number of amides is 1. The molecular weight excluding hydrogens is 305 g/mol.